The average Bonchev–Trinajstić information content (AvgIpc) is 3.11. The minimum atomic E-state index is 0.129. The first-order valence-corrected chi connectivity index (χ1v) is 8.82. The number of fused-ring (bicyclic) bond motifs is 2. The van der Waals surface area contributed by atoms with E-state index in [2.05, 4.69) is 37.7 Å². The van der Waals surface area contributed by atoms with Crippen LogP contribution in [-0.2, 0) is 0 Å². The fraction of sp³-hybridized carbons (Fsp3) is 0.667. The Bertz CT molecular complexity index is 728. The van der Waals surface area contributed by atoms with Crippen LogP contribution in [0.4, 0.5) is 5.82 Å². The lowest BCUT2D eigenvalue weighted by Crippen LogP contribution is -2.57. The van der Waals surface area contributed by atoms with Gasteiger partial charge in [-0.15, -0.1) is 0 Å². The third-order valence-corrected chi connectivity index (χ3v) is 5.38. The predicted molar refractivity (Wildman–Crippen MR) is 91.4 cm³/mol. The van der Waals surface area contributed by atoms with Crippen molar-refractivity contribution in [1.29, 1.82) is 0 Å². The molecule has 2 aromatic heterocycles. The number of anilines is 1. The van der Waals surface area contributed by atoms with E-state index in [1.807, 2.05) is 16.9 Å². The Morgan fingerprint density at radius 1 is 1.17 bits per heavy atom. The highest BCUT2D eigenvalue weighted by molar-refractivity contribution is 5.63. The van der Waals surface area contributed by atoms with Crippen molar-refractivity contribution in [3.63, 3.8) is 0 Å². The van der Waals surface area contributed by atoms with E-state index < -0.39 is 0 Å². The Balaban J connectivity index is 1.90. The number of ether oxygens (including phenoxy) is 1. The third kappa shape index (κ3) is 2.12. The summed E-state index contributed by atoms with van der Waals surface area (Å²) in [5.41, 5.74) is 2.29. The lowest BCUT2D eigenvalue weighted by molar-refractivity contribution is 0.178. The van der Waals surface area contributed by atoms with E-state index in [0.717, 1.165) is 23.8 Å². The van der Waals surface area contributed by atoms with E-state index in [9.17, 15) is 0 Å². The van der Waals surface area contributed by atoms with Gasteiger partial charge in [-0.2, -0.15) is 5.10 Å². The van der Waals surface area contributed by atoms with Gasteiger partial charge in [0, 0.05) is 11.6 Å². The zero-order valence-electron chi connectivity index (χ0n) is 14.5. The number of nitrogens with zero attached hydrogens (tertiary/aromatic N) is 4. The van der Waals surface area contributed by atoms with Crippen LogP contribution in [0.1, 0.15) is 64.9 Å². The molecule has 0 atom stereocenters. The van der Waals surface area contributed by atoms with Crippen molar-refractivity contribution >= 4 is 11.5 Å². The van der Waals surface area contributed by atoms with Crippen LogP contribution < -0.4 is 9.64 Å². The van der Waals surface area contributed by atoms with Crippen molar-refractivity contribution in [2.45, 2.75) is 70.9 Å². The van der Waals surface area contributed by atoms with Gasteiger partial charge in [-0.3, -0.25) is 0 Å². The molecule has 1 fully saturated rings. The molecule has 0 radical (unpaired) electrons. The second-order valence-electron chi connectivity index (χ2n) is 7.64. The monoisotopic (exact) mass is 314 g/mol. The van der Waals surface area contributed by atoms with Crippen LogP contribution in [0, 0.1) is 0 Å². The molecule has 2 aliphatic rings. The van der Waals surface area contributed by atoms with Gasteiger partial charge in [0.15, 0.2) is 17.2 Å². The molecular weight excluding hydrogens is 288 g/mol. The Kier molecular flexibility index (Phi) is 3.29. The fourth-order valence-electron chi connectivity index (χ4n) is 4.30. The Morgan fingerprint density at radius 3 is 2.57 bits per heavy atom. The molecule has 4 rings (SSSR count). The minimum absolute atomic E-state index is 0.129. The van der Waals surface area contributed by atoms with Crippen molar-refractivity contribution < 1.29 is 4.74 Å². The first-order chi connectivity index (χ1) is 11.0. The van der Waals surface area contributed by atoms with Gasteiger partial charge in [-0.05, 0) is 32.6 Å². The second kappa shape index (κ2) is 5.11. The van der Waals surface area contributed by atoms with Crippen LogP contribution in [0.25, 0.3) is 5.65 Å². The molecule has 124 valence electrons. The topological polar surface area (TPSA) is 42.7 Å². The van der Waals surface area contributed by atoms with Gasteiger partial charge in [0.05, 0.1) is 17.9 Å². The summed E-state index contributed by atoms with van der Waals surface area (Å²) in [6, 6.07) is 0.413. The predicted octanol–water partition coefficient (Wildman–Crippen LogP) is 3.77. The highest BCUT2D eigenvalue weighted by Crippen LogP contribution is 2.46. The van der Waals surface area contributed by atoms with Crippen LogP contribution in [0.2, 0.25) is 0 Å². The highest BCUT2D eigenvalue weighted by Gasteiger charge is 2.46. The largest absolute Gasteiger partial charge is 0.486 e. The van der Waals surface area contributed by atoms with Crippen LogP contribution in [0.5, 0.6) is 5.75 Å². The zero-order valence-corrected chi connectivity index (χ0v) is 14.5. The van der Waals surface area contributed by atoms with Crippen molar-refractivity contribution in [3.05, 3.63) is 18.0 Å². The SMILES string of the molecule is CC(C)c1cnn2cc3c(nc12)N(C(C)C)C1(CCCC1)CO3. The molecule has 1 aliphatic carbocycles. The Hall–Kier alpha value is -1.78. The molecule has 5 heteroatoms. The molecule has 2 aromatic rings. The maximum atomic E-state index is 6.15. The van der Waals surface area contributed by atoms with Gasteiger partial charge >= 0.3 is 0 Å². The first-order valence-electron chi connectivity index (χ1n) is 8.82. The van der Waals surface area contributed by atoms with E-state index in [0.29, 0.717) is 12.0 Å². The number of aromatic nitrogens is 3. The van der Waals surface area contributed by atoms with Crippen molar-refractivity contribution in [2.75, 3.05) is 11.5 Å². The standard InChI is InChI=1S/C18H26N4O/c1-12(2)14-9-19-21-10-15-17(20-16(14)21)22(13(3)4)18(11-23-15)7-5-6-8-18/h9-10,12-13H,5-8,11H2,1-4H3. The summed E-state index contributed by atoms with van der Waals surface area (Å²) in [6.07, 6.45) is 8.91. The average molecular weight is 314 g/mol. The maximum Gasteiger partial charge on any atom is 0.180 e. The molecular formula is C18H26N4O. The van der Waals surface area contributed by atoms with Crippen LogP contribution in [0.3, 0.4) is 0 Å². The van der Waals surface area contributed by atoms with E-state index in [-0.39, 0.29) is 5.54 Å². The van der Waals surface area contributed by atoms with Crippen molar-refractivity contribution in [1.82, 2.24) is 14.6 Å². The zero-order chi connectivity index (χ0) is 16.2. The quantitative estimate of drug-likeness (QED) is 0.846. The Labute approximate surface area is 137 Å². The molecule has 5 nitrogen and oxygen atoms in total. The smallest absolute Gasteiger partial charge is 0.180 e. The van der Waals surface area contributed by atoms with Crippen LogP contribution in [0.15, 0.2) is 12.4 Å². The van der Waals surface area contributed by atoms with Crippen LogP contribution >= 0.6 is 0 Å². The number of hydrogen-bond donors (Lipinski definition) is 0. The van der Waals surface area contributed by atoms with E-state index in [1.165, 1.54) is 31.2 Å². The van der Waals surface area contributed by atoms with Gasteiger partial charge in [-0.1, -0.05) is 26.7 Å². The minimum Gasteiger partial charge on any atom is -0.486 e. The molecule has 0 aromatic carbocycles. The van der Waals surface area contributed by atoms with Gasteiger partial charge in [0.25, 0.3) is 0 Å². The van der Waals surface area contributed by atoms with Gasteiger partial charge in [-0.25, -0.2) is 9.50 Å². The summed E-state index contributed by atoms with van der Waals surface area (Å²) in [4.78, 5) is 7.54. The lowest BCUT2D eigenvalue weighted by atomic mass is 9.93. The molecule has 0 bridgehead atoms. The molecule has 0 N–H and O–H groups in total. The summed E-state index contributed by atoms with van der Waals surface area (Å²) in [6.45, 7) is 9.67. The molecule has 1 saturated carbocycles. The van der Waals surface area contributed by atoms with E-state index in [4.69, 9.17) is 9.72 Å². The first kappa shape index (κ1) is 14.8. The summed E-state index contributed by atoms with van der Waals surface area (Å²) in [5.74, 6) is 2.28. The Morgan fingerprint density at radius 2 is 1.91 bits per heavy atom. The summed E-state index contributed by atoms with van der Waals surface area (Å²) in [5, 5.41) is 4.46. The second-order valence-corrected chi connectivity index (χ2v) is 7.64. The van der Waals surface area contributed by atoms with Crippen molar-refractivity contribution in [2.24, 2.45) is 0 Å². The molecule has 0 amide bonds. The van der Waals surface area contributed by atoms with E-state index in [1.54, 1.807) is 0 Å². The van der Waals surface area contributed by atoms with Gasteiger partial charge in [0.1, 0.15) is 6.61 Å². The molecule has 1 spiro atoms. The molecule has 0 unspecified atom stereocenters. The highest BCUT2D eigenvalue weighted by atomic mass is 16.5. The lowest BCUT2D eigenvalue weighted by Gasteiger charge is -2.48. The third-order valence-electron chi connectivity index (χ3n) is 5.38. The molecule has 0 saturated heterocycles. The van der Waals surface area contributed by atoms with Crippen LogP contribution in [-0.4, -0.2) is 32.8 Å². The molecule has 3 heterocycles. The number of hydrogen-bond acceptors (Lipinski definition) is 4. The maximum absolute atomic E-state index is 6.15. The van der Waals surface area contributed by atoms with Gasteiger partial charge < -0.3 is 9.64 Å². The van der Waals surface area contributed by atoms with Crippen molar-refractivity contribution in [3.8, 4) is 5.75 Å². The van der Waals surface area contributed by atoms with Gasteiger partial charge in [0.2, 0.25) is 0 Å². The summed E-state index contributed by atoms with van der Waals surface area (Å²) < 4.78 is 8.01. The molecule has 23 heavy (non-hydrogen) atoms. The normalized spacial score (nSPS) is 19.8. The fourth-order valence-corrected chi connectivity index (χ4v) is 4.30. The van der Waals surface area contributed by atoms with E-state index >= 15 is 0 Å². The summed E-state index contributed by atoms with van der Waals surface area (Å²) >= 11 is 0. The number of rotatable bonds is 2. The summed E-state index contributed by atoms with van der Waals surface area (Å²) in [7, 11) is 0. The molecule has 1 aliphatic heterocycles.